The molecule has 0 radical (unpaired) electrons. The number of rotatable bonds is 10. The van der Waals surface area contributed by atoms with Crippen LogP contribution >= 0.6 is 0 Å². The Balaban J connectivity index is 3.39. The van der Waals surface area contributed by atoms with Crippen molar-refractivity contribution in [2.45, 2.75) is 39.9 Å². The SMILES string of the molecule is CC/C=C\CCOCC(OCC)OCC. The molecule has 90 valence electrons. The van der Waals surface area contributed by atoms with Crippen LogP contribution in [0.2, 0.25) is 0 Å². The van der Waals surface area contributed by atoms with E-state index >= 15 is 0 Å². The van der Waals surface area contributed by atoms with Crippen LogP contribution in [0.25, 0.3) is 0 Å². The van der Waals surface area contributed by atoms with Crippen LogP contribution in [0.1, 0.15) is 33.6 Å². The van der Waals surface area contributed by atoms with Gasteiger partial charge in [-0.05, 0) is 26.7 Å². The van der Waals surface area contributed by atoms with Crippen molar-refractivity contribution in [1.29, 1.82) is 0 Å². The zero-order valence-corrected chi connectivity index (χ0v) is 10.2. The summed E-state index contributed by atoms with van der Waals surface area (Å²) in [5, 5.41) is 0. The van der Waals surface area contributed by atoms with E-state index in [-0.39, 0.29) is 6.29 Å². The van der Waals surface area contributed by atoms with Gasteiger partial charge in [0.1, 0.15) is 0 Å². The van der Waals surface area contributed by atoms with E-state index in [1.54, 1.807) is 0 Å². The Morgan fingerprint density at radius 2 is 1.67 bits per heavy atom. The van der Waals surface area contributed by atoms with Crippen molar-refractivity contribution < 1.29 is 14.2 Å². The van der Waals surface area contributed by atoms with Crippen molar-refractivity contribution in [2.24, 2.45) is 0 Å². The molecule has 0 aromatic rings. The van der Waals surface area contributed by atoms with Crippen LogP contribution in [0, 0.1) is 0 Å². The molecule has 0 aliphatic heterocycles. The summed E-state index contributed by atoms with van der Waals surface area (Å²) in [6, 6.07) is 0. The molecule has 0 atom stereocenters. The standard InChI is InChI=1S/C12H24O3/c1-4-7-8-9-10-13-11-12(14-5-2)15-6-3/h7-8,12H,4-6,9-11H2,1-3H3/b8-7-. The summed E-state index contributed by atoms with van der Waals surface area (Å²) in [5.74, 6) is 0. The van der Waals surface area contributed by atoms with E-state index in [1.807, 2.05) is 13.8 Å². The third kappa shape index (κ3) is 9.91. The minimum atomic E-state index is -0.213. The molecular formula is C12H24O3. The van der Waals surface area contributed by atoms with Crippen LogP contribution in [-0.2, 0) is 14.2 Å². The number of ether oxygens (including phenoxy) is 3. The van der Waals surface area contributed by atoms with Gasteiger partial charge in [-0.3, -0.25) is 0 Å². The van der Waals surface area contributed by atoms with Crippen molar-refractivity contribution in [1.82, 2.24) is 0 Å². The lowest BCUT2D eigenvalue weighted by molar-refractivity contribution is -0.166. The van der Waals surface area contributed by atoms with E-state index in [4.69, 9.17) is 14.2 Å². The van der Waals surface area contributed by atoms with Crippen LogP contribution in [0.5, 0.6) is 0 Å². The highest BCUT2D eigenvalue weighted by Gasteiger charge is 2.06. The summed E-state index contributed by atoms with van der Waals surface area (Å²) in [5.41, 5.74) is 0. The van der Waals surface area contributed by atoms with E-state index in [0.29, 0.717) is 19.8 Å². The average Bonchev–Trinajstić information content (AvgIpc) is 2.24. The Morgan fingerprint density at radius 3 is 2.20 bits per heavy atom. The maximum absolute atomic E-state index is 5.45. The molecule has 0 rings (SSSR count). The summed E-state index contributed by atoms with van der Waals surface area (Å²) < 4.78 is 16.1. The normalized spacial score (nSPS) is 11.7. The van der Waals surface area contributed by atoms with Gasteiger partial charge in [-0.2, -0.15) is 0 Å². The van der Waals surface area contributed by atoms with E-state index in [1.165, 1.54) is 0 Å². The first-order valence-corrected chi connectivity index (χ1v) is 5.81. The third-order valence-corrected chi connectivity index (χ3v) is 1.79. The smallest absolute Gasteiger partial charge is 0.180 e. The molecule has 0 heterocycles. The largest absolute Gasteiger partial charge is 0.376 e. The first-order valence-electron chi connectivity index (χ1n) is 5.81. The van der Waals surface area contributed by atoms with Gasteiger partial charge in [0.05, 0.1) is 13.2 Å². The Bertz CT molecular complexity index is 140. The second-order valence-electron chi connectivity index (χ2n) is 3.08. The molecule has 0 aromatic carbocycles. The molecule has 3 nitrogen and oxygen atoms in total. The first-order chi connectivity index (χ1) is 7.35. The average molecular weight is 216 g/mol. The minimum Gasteiger partial charge on any atom is -0.376 e. The van der Waals surface area contributed by atoms with Crippen LogP contribution < -0.4 is 0 Å². The van der Waals surface area contributed by atoms with Gasteiger partial charge in [-0.15, -0.1) is 0 Å². The topological polar surface area (TPSA) is 27.7 Å². The molecular weight excluding hydrogens is 192 g/mol. The number of hydrogen-bond acceptors (Lipinski definition) is 3. The second-order valence-corrected chi connectivity index (χ2v) is 3.08. The van der Waals surface area contributed by atoms with Crippen molar-refractivity contribution in [3.63, 3.8) is 0 Å². The molecule has 0 aliphatic carbocycles. The summed E-state index contributed by atoms with van der Waals surface area (Å²) in [6.45, 7) is 8.59. The molecule has 0 aliphatic rings. The van der Waals surface area contributed by atoms with E-state index in [9.17, 15) is 0 Å². The van der Waals surface area contributed by atoms with Crippen molar-refractivity contribution in [3.05, 3.63) is 12.2 Å². The molecule has 3 heteroatoms. The lowest BCUT2D eigenvalue weighted by Crippen LogP contribution is -2.23. The van der Waals surface area contributed by atoms with Gasteiger partial charge in [-0.1, -0.05) is 19.1 Å². The number of hydrogen-bond donors (Lipinski definition) is 0. The molecule has 0 unspecified atom stereocenters. The zero-order valence-electron chi connectivity index (χ0n) is 10.2. The van der Waals surface area contributed by atoms with Crippen LogP contribution in [-0.4, -0.2) is 32.7 Å². The Labute approximate surface area is 93.4 Å². The molecule has 0 amide bonds. The second kappa shape index (κ2) is 11.7. The van der Waals surface area contributed by atoms with Crippen molar-refractivity contribution in [2.75, 3.05) is 26.4 Å². The van der Waals surface area contributed by atoms with Gasteiger partial charge >= 0.3 is 0 Å². The first kappa shape index (κ1) is 14.6. The van der Waals surface area contributed by atoms with Gasteiger partial charge in [0.15, 0.2) is 6.29 Å². The highest BCUT2D eigenvalue weighted by Crippen LogP contribution is 1.97. The zero-order chi connectivity index (χ0) is 11.4. The van der Waals surface area contributed by atoms with E-state index in [0.717, 1.165) is 19.4 Å². The van der Waals surface area contributed by atoms with Gasteiger partial charge in [-0.25, -0.2) is 0 Å². The Morgan fingerprint density at radius 1 is 1.00 bits per heavy atom. The lowest BCUT2D eigenvalue weighted by atomic mass is 10.3. The molecule has 15 heavy (non-hydrogen) atoms. The van der Waals surface area contributed by atoms with Gasteiger partial charge in [0.2, 0.25) is 0 Å². The Hall–Kier alpha value is -0.380. The maximum atomic E-state index is 5.45. The predicted octanol–water partition coefficient (Wildman–Crippen LogP) is 2.76. The summed E-state index contributed by atoms with van der Waals surface area (Å²) in [4.78, 5) is 0. The van der Waals surface area contributed by atoms with E-state index in [2.05, 4.69) is 19.1 Å². The molecule has 0 saturated carbocycles. The summed E-state index contributed by atoms with van der Waals surface area (Å²) >= 11 is 0. The molecule has 0 fully saturated rings. The fourth-order valence-corrected chi connectivity index (χ4v) is 1.13. The summed E-state index contributed by atoms with van der Waals surface area (Å²) in [6.07, 6.45) is 6.11. The van der Waals surface area contributed by atoms with Crippen LogP contribution in [0.3, 0.4) is 0 Å². The highest BCUT2D eigenvalue weighted by molar-refractivity contribution is 4.79. The van der Waals surface area contributed by atoms with Crippen molar-refractivity contribution >= 4 is 0 Å². The van der Waals surface area contributed by atoms with Gasteiger partial charge in [0.25, 0.3) is 0 Å². The maximum Gasteiger partial charge on any atom is 0.180 e. The lowest BCUT2D eigenvalue weighted by Gasteiger charge is -2.16. The molecule has 0 spiro atoms. The van der Waals surface area contributed by atoms with Crippen LogP contribution in [0.15, 0.2) is 12.2 Å². The molecule has 0 bridgehead atoms. The van der Waals surface area contributed by atoms with E-state index < -0.39 is 0 Å². The monoisotopic (exact) mass is 216 g/mol. The Kier molecular flexibility index (Phi) is 11.4. The number of allylic oxidation sites excluding steroid dienone is 1. The van der Waals surface area contributed by atoms with Crippen molar-refractivity contribution in [3.8, 4) is 0 Å². The molecule has 0 saturated heterocycles. The quantitative estimate of drug-likeness (QED) is 0.319. The minimum absolute atomic E-state index is 0.213. The highest BCUT2D eigenvalue weighted by atomic mass is 16.7. The molecule has 0 aromatic heterocycles. The fourth-order valence-electron chi connectivity index (χ4n) is 1.13. The van der Waals surface area contributed by atoms with Gasteiger partial charge in [0, 0.05) is 13.2 Å². The fraction of sp³-hybridized carbons (Fsp3) is 0.833. The van der Waals surface area contributed by atoms with Crippen LogP contribution in [0.4, 0.5) is 0 Å². The van der Waals surface area contributed by atoms with Gasteiger partial charge < -0.3 is 14.2 Å². The predicted molar refractivity (Wildman–Crippen MR) is 61.9 cm³/mol. The molecule has 0 N–H and O–H groups in total. The summed E-state index contributed by atoms with van der Waals surface area (Å²) in [7, 11) is 0. The third-order valence-electron chi connectivity index (χ3n) is 1.79.